The van der Waals surface area contributed by atoms with Crippen molar-refractivity contribution in [3.8, 4) is 0 Å². The number of aliphatic carboxylic acids is 1. The molecule has 2 rings (SSSR count). The molecule has 1 saturated heterocycles. The highest BCUT2D eigenvalue weighted by molar-refractivity contribution is 5.90. The zero-order valence-electron chi connectivity index (χ0n) is 10.9. The van der Waals surface area contributed by atoms with Gasteiger partial charge >= 0.3 is 12.0 Å². The lowest BCUT2D eigenvalue weighted by Gasteiger charge is -2.30. The number of morpholine rings is 1. The quantitative estimate of drug-likeness (QED) is 0.631. The minimum absolute atomic E-state index is 0.0733. The van der Waals surface area contributed by atoms with Gasteiger partial charge in [-0.2, -0.15) is 0 Å². The molecule has 0 saturated carbocycles. The third kappa shape index (κ3) is 3.66. The van der Waals surface area contributed by atoms with Crippen LogP contribution in [0.15, 0.2) is 24.3 Å². The molecule has 112 valence electrons. The van der Waals surface area contributed by atoms with E-state index in [2.05, 4.69) is 5.32 Å². The third-order valence-corrected chi connectivity index (χ3v) is 2.94. The molecule has 21 heavy (non-hydrogen) atoms. The first kappa shape index (κ1) is 14.7. The first-order valence-electron chi connectivity index (χ1n) is 6.12. The number of carboxylic acid groups (broad SMARTS) is 1. The average molecular weight is 295 g/mol. The zero-order chi connectivity index (χ0) is 15.4. The Bertz CT molecular complexity index is 576. The minimum atomic E-state index is -1.14. The summed E-state index contributed by atoms with van der Waals surface area (Å²) >= 11 is 0. The van der Waals surface area contributed by atoms with Crippen LogP contribution in [-0.2, 0) is 9.53 Å². The molecule has 2 N–H and O–H groups in total. The lowest BCUT2D eigenvalue weighted by atomic mass is 10.2. The number of hydrogen-bond donors (Lipinski definition) is 2. The van der Waals surface area contributed by atoms with Gasteiger partial charge in [-0.1, -0.05) is 6.07 Å². The Labute approximate surface area is 119 Å². The normalized spacial score (nSPS) is 18.1. The number of urea groups is 1. The van der Waals surface area contributed by atoms with E-state index in [1.165, 1.54) is 29.2 Å². The van der Waals surface area contributed by atoms with Crippen molar-refractivity contribution in [1.29, 1.82) is 0 Å². The van der Waals surface area contributed by atoms with Gasteiger partial charge in [0.15, 0.2) is 6.10 Å². The Kier molecular flexibility index (Phi) is 4.33. The van der Waals surface area contributed by atoms with E-state index in [0.717, 1.165) is 0 Å². The molecule has 9 heteroatoms. The van der Waals surface area contributed by atoms with Crippen molar-refractivity contribution >= 4 is 23.4 Å². The number of nitrogens with one attached hydrogen (secondary N) is 1. The fourth-order valence-corrected chi connectivity index (χ4v) is 1.88. The molecule has 1 atom stereocenters. The maximum atomic E-state index is 12.0. The van der Waals surface area contributed by atoms with Crippen LogP contribution in [0.3, 0.4) is 0 Å². The van der Waals surface area contributed by atoms with E-state index < -0.39 is 23.0 Å². The highest BCUT2D eigenvalue weighted by Gasteiger charge is 2.29. The van der Waals surface area contributed by atoms with Gasteiger partial charge in [-0.05, 0) is 6.07 Å². The summed E-state index contributed by atoms with van der Waals surface area (Å²) in [5.74, 6) is -1.14. The van der Waals surface area contributed by atoms with Gasteiger partial charge in [-0.15, -0.1) is 0 Å². The number of benzene rings is 1. The standard InChI is InChI=1S/C12H13N3O6/c16-11(17)10-7-14(4-5-21-10)12(18)13-8-2-1-3-9(6-8)15(19)20/h1-3,6,10H,4-5,7H2,(H,13,18)(H,16,17). The van der Waals surface area contributed by atoms with E-state index in [1.807, 2.05) is 0 Å². The summed E-state index contributed by atoms with van der Waals surface area (Å²) in [6.45, 7) is 0.306. The lowest BCUT2D eigenvalue weighted by molar-refractivity contribution is -0.384. The van der Waals surface area contributed by atoms with Gasteiger partial charge in [-0.25, -0.2) is 9.59 Å². The predicted octanol–water partition coefficient (Wildman–Crippen LogP) is 0.912. The Morgan fingerprint density at radius 1 is 1.48 bits per heavy atom. The number of carbonyl (C=O) groups excluding carboxylic acids is 1. The van der Waals surface area contributed by atoms with Gasteiger partial charge < -0.3 is 20.1 Å². The third-order valence-electron chi connectivity index (χ3n) is 2.94. The molecule has 2 amide bonds. The van der Waals surface area contributed by atoms with Gasteiger partial charge in [0.25, 0.3) is 5.69 Å². The van der Waals surface area contributed by atoms with Gasteiger partial charge in [0.1, 0.15) is 0 Å². The minimum Gasteiger partial charge on any atom is -0.479 e. The number of non-ortho nitro benzene ring substituents is 1. The number of amides is 2. The predicted molar refractivity (Wildman–Crippen MR) is 71.1 cm³/mol. The Balaban J connectivity index is 2.02. The second-order valence-electron chi connectivity index (χ2n) is 4.38. The highest BCUT2D eigenvalue weighted by atomic mass is 16.6. The van der Waals surface area contributed by atoms with E-state index in [4.69, 9.17) is 9.84 Å². The van der Waals surface area contributed by atoms with Crippen molar-refractivity contribution in [3.05, 3.63) is 34.4 Å². The number of anilines is 1. The SMILES string of the molecule is O=C(O)C1CN(C(=O)Nc2cccc([N+](=O)[O-])c2)CCO1. The molecular weight excluding hydrogens is 282 g/mol. The summed E-state index contributed by atoms with van der Waals surface area (Å²) in [5, 5.41) is 22.0. The average Bonchev–Trinajstić information content (AvgIpc) is 2.47. The largest absolute Gasteiger partial charge is 0.479 e. The van der Waals surface area contributed by atoms with Gasteiger partial charge in [0, 0.05) is 24.4 Å². The molecule has 1 unspecified atom stereocenters. The van der Waals surface area contributed by atoms with Gasteiger partial charge in [0.05, 0.1) is 18.1 Å². The molecule has 9 nitrogen and oxygen atoms in total. The Morgan fingerprint density at radius 2 is 2.24 bits per heavy atom. The van der Waals surface area contributed by atoms with E-state index in [-0.39, 0.29) is 31.1 Å². The highest BCUT2D eigenvalue weighted by Crippen LogP contribution is 2.18. The van der Waals surface area contributed by atoms with E-state index in [1.54, 1.807) is 0 Å². The van der Waals surface area contributed by atoms with Gasteiger partial charge in [-0.3, -0.25) is 10.1 Å². The Hall–Kier alpha value is -2.68. The second kappa shape index (κ2) is 6.18. The summed E-state index contributed by atoms with van der Waals surface area (Å²) in [6.07, 6.45) is -1.06. The topological polar surface area (TPSA) is 122 Å². The molecule has 0 radical (unpaired) electrons. The number of nitro groups is 1. The van der Waals surface area contributed by atoms with Crippen LogP contribution in [-0.4, -0.2) is 52.7 Å². The van der Waals surface area contributed by atoms with Crippen LogP contribution in [0.25, 0.3) is 0 Å². The number of carboxylic acids is 1. The van der Waals surface area contributed by atoms with E-state index >= 15 is 0 Å². The lowest BCUT2D eigenvalue weighted by Crippen LogP contribution is -2.49. The van der Waals surface area contributed by atoms with Crippen LogP contribution in [0.1, 0.15) is 0 Å². The molecule has 1 aromatic carbocycles. The molecule has 0 spiro atoms. The number of carbonyl (C=O) groups is 2. The van der Waals surface area contributed by atoms with Crippen LogP contribution < -0.4 is 5.32 Å². The first-order chi connectivity index (χ1) is 9.97. The molecule has 1 aromatic rings. The van der Waals surface area contributed by atoms with Crippen molar-refractivity contribution in [1.82, 2.24) is 4.90 Å². The number of nitrogens with zero attached hydrogens (tertiary/aromatic N) is 2. The molecule has 1 aliphatic heterocycles. The summed E-state index contributed by atoms with van der Waals surface area (Å²) in [5.41, 5.74) is 0.130. The fourth-order valence-electron chi connectivity index (χ4n) is 1.88. The van der Waals surface area contributed by atoms with Crippen LogP contribution in [0.2, 0.25) is 0 Å². The van der Waals surface area contributed by atoms with E-state index in [0.29, 0.717) is 0 Å². The van der Waals surface area contributed by atoms with Crippen molar-refractivity contribution in [3.63, 3.8) is 0 Å². The summed E-state index contributed by atoms with van der Waals surface area (Å²) in [7, 11) is 0. The van der Waals surface area contributed by atoms with Crippen LogP contribution in [0, 0.1) is 10.1 Å². The molecule has 0 aromatic heterocycles. The van der Waals surface area contributed by atoms with E-state index in [9.17, 15) is 19.7 Å². The maximum Gasteiger partial charge on any atom is 0.334 e. The monoisotopic (exact) mass is 295 g/mol. The summed E-state index contributed by atoms with van der Waals surface area (Å²) in [4.78, 5) is 34.2. The fraction of sp³-hybridized carbons (Fsp3) is 0.333. The molecule has 1 heterocycles. The van der Waals surface area contributed by atoms with Crippen LogP contribution in [0.5, 0.6) is 0 Å². The van der Waals surface area contributed by atoms with Crippen LogP contribution in [0.4, 0.5) is 16.2 Å². The van der Waals surface area contributed by atoms with Crippen molar-refractivity contribution in [2.24, 2.45) is 0 Å². The van der Waals surface area contributed by atoms with Crippen molar-refractivity contribution < 1.29 is 24.4 Å². The van der Waals surface area contributed by atoms with Crippen molar-refractivity contribution in [2.75, 3.05) is 25.0 Å². The maximum absolute atomic E-state index is 12.0. The number of rotatable bonds is 3. The molecule has 1 fully saturated rings. The smallest absolute Gasteiger partial charge is 0.334 e. The zero-order valence-corrected chi connectivity index (χ0v) is 10.9. The summed E-state index contributed by atoms with van der Waals surface area (Å²) in [6, 6.07) is 4.98. The number of ether oxygens (including phenoxy) is 1. The number of hydrogen-bond acceptors (Lipinski definition) is 5. The van der Waals surface area contributed by atoms with Crippen LogP contribution >= 0.6 is 0 Å². The first-order valence-corrected chi connectivity index (χ1v) is 6.12. The molecular formula is C12H13N3O6. The molecule has 1 aliphatic rings. The second-order valence-corrected chi connectivity index (χ2v) is 4.38. The Morgan fingerprint density at radius 3 is 2.90 bits per heavy atom. The number of nitro benzene ring substituents is 1. The molecule has 0 aliphatic carbocycles. The van der Waals surface area contributed by atoms with Gasteiger partial charge in [0.2, 0.25) is 0 Å². The summed E-state index contributed by atoms with van der Waals surface area (Å²) < 4.78 is 5.01. The molecule has 0 bridgehead atoms. The van der Waals surface area contributed by atoms with Crippen molar-refractivity contribution in [2.45, 2.75) is 6.10 Å².